The topological polar surface area (TPSA) is 46.6 Å². The van der Waals surface area contributed by atoms with Crippen molar-refractivity contribution in [2.45, 2.75) is 30.4 Å². The predicted octanol–water partition coefficient (Wildman–Crippen LogP) is 4.54. The van der Waals surface area contributed by atoms with E-state index in [1.807, 2.05) is 13.8 Å². The van der Waals surface area contributed by atoms with Crippen LogP contribution in [-0.2, 0) is 10.0 Å². The summed E-state index contributed by atoms with van der Waals surface area (Å²) in [5.41, 5.74) is 1.05. The summed E-state index contributed by atoms with van der Waals surface area (Å²) in [5, 5.41) is -0.280. The number of aryl methyl sites for hydroxylation is 1. The maximum Gasteiger partial charge on any atom is 0.243 e. The third-order valence-electron chi connectivity index (χ3n) is 4.69. The lowest BCUT2D eigenvalue weighted by atomic mass is 10.1. The highest BCUT2D eigenvalue weighted by Gasteiger charge is 2.29. The van der Waals surface area contributed by atoms with E-state index >= 15 is 0 Å². The zero-order chi connectivity index (χ0) is 20.3. The van der Waals surface area contributed by atoms with Gasteiger partial charge in [-0.15, -0.1) is 0 Å². The molecule has 2 aromatic carbocycles. The number of hydrogen-bond donors (Lipinski definition) is 0. The molecule has 1 aliphatic rings. The van der Waals surface area contributed by atoms with Crippen molar-refractivity contribution in [2.75, 3.05) is 25.4 Å². The highest BCUT2D eigenvalue weighted by atomic mass is 32.2. The lowest BCUT2D eigenvalue weighted by molar-refractivity contribution is 0.337. The molecule has 0 amide bonds. The van der Waals surface area contributed by atoms with Crippen molar-refractivity contribution in [2.24, 2.45) is 0 Å². The van der Waals surface area contributed by atoms with Crippen LogP contribution in [0.3, 0.4) is 0 Å². The number of benzene rings is 2. The van der Waals surface area contributed by atoms with Gasteiger partial charge >= 0.3 is 0 Å². The van der Waals surface area contributed by atoms with Crippen molar-refractivity contribution in [1.82, 2.24) is 4.31 Å². The van der Waals surface area contributed by atoms with Crippen molar-refractivity contribution in [3.63, 3.8) is 0 Å². The summed E-state index contributed by atoms with van der Waals surface area (Å²) in [6, 6.07) is 8.24. The van der Waals surface area contributed by atoms with E-state index < -0.39 is 21.7 Å². The minimum atomic E-state index is -3.67. The second kappa shape index (κ2) is 8.80. The molecule has 1 unspecified atom stereocenters. The van der Waals surface area contributed by atoms with Gasteiger partial charge in [-0.25, -0.2) is 17.2 Å². The second-order valence-corrected chi connectivity index (χ2v) is 9.83. The molecule has 0 bridgehead atoms. The van der Waals surface area contributed by atoms with E-state index in [9.17, 15) is 17.2 Å². The molecule has 8 heteroatoms. The molecular weight excluding hydrogens is 404 g/mol. The monoisotopic (exact) mass is 427 g/mol. The fourth-order valence-electron chi connectivity index (χ4n) is 3.25. The van der Waals surface area contributed by atoms with Crippen molar-refractivity contribution in [3.05, 3.63) is 59.2 Å². The van der Waals surface area contributed by atoms with E-state index in [-0.39, 0.29) is 16.7 Å². The van der Waals surface area contributed by atoms with Crippen molar-refractivity contribution in [3.8, 4) is 5.75 Å². The largest absolute Gasteiger partial charge is 0.494 e. The van der Waals surface area contributed by atoms with Gasteiger partial charge in [-0.05, 0) is 62.2 Å². The van der Waals surface area contributed by atoms with Crippen LogP contribution in [0.4, 0.5) is 8.78 Å². The summed E-state index contributed by atoms with van der Waals surface area (Å²) in [6.45, 7) is 4.77. The SMILES string of the molecule is CCOc1ccc(S(=O)(=O)N2CCSC(c3cc(F)ccc3F)CC2)cc1C. The Kier molecular flexibility index (Phi) is 6.62. The Balaban J connectivity index is 1.79. The van der Waals surface area contributed by atoms with Gasteiger partial charge in [0.05, 0.1) is 11.5 Å². The van der Waals surface area contributed by atoms with E-state index in [2.05, 4.69) is 0 Å². The molecule has 1 fully saturated rings. The van der Waals surface area contributed by atoms with Crippen LogP contribution >= 0.6 is 11.8 Å². The summed E-state index contributed by atoms with van der Waals surface area (Å²) in [7, 11) is -3.67. The van der Waals surface area contributed by atoms with Crippen molar-refractivity contribution >= 4 is 21.8 Å². The number of hydrogen-bond acceptors (Lipinski definition) is 4. The molecule has 1 atom stereocenters. The number of ether oxygens (including phenoxy) is 1. The minimum absolute atomic E-state index is 0.217. The van der Waals surface area contributed by atoms with Crippen LogP contribution in [0.5, 0.6) is 5.75 Å². The zero-order valence-electron chi connectivity index (χ0n) is 15.8. The van der Waals surface area contributed by atoms with Gasteiger partial charge in [-0.1, -0.05) is 0 Å². The number of nitrogens with zero attached hydrogens (tertiary/aromatic N) is 1. The lowest BCUT2D eigenvalue weighted by Crippen LogP contribution is -2.33. The molecule has 1 saturated heterocycles. The first-order valence-electron chi connectivity index (χ1n) is 9.13. The maximum absolute atomic E-state index is 14.1. The normalized spacial score (nSPS) is 18.6. The molecule has 0 saturated carbocycles. The molecule has 1 aliphatic heterocycles. The first-order valence-corrected chi connectivity index (χ1v) is 11.6. The third kappa shape index (κ3) is 4.50. The molecule has 2 aromatic rings. The van der Waals surface area contributed by atoms with Crippen LogP contribution in [0.15, 0.2) is 41.3 Å². The Labute approximate surface area is 168 Å². The first kappa shape index (κ1) is 21.1. The number of rotatable bonds is 5. The number of thioether (sulfide) groups is 1. The van der Waals surface area contributed by atoms with Crippen LogP contribution in [0.25, 0.3) is 0 Å². The van der Waals surface area contributed by atoms with E-state index in [0.717, 1.165) is 17.7 Å². The summed E-state index contributed by atoms with van der Waals surface area (Å²) < 4.78 is 60.7. The highest BCUT2D eigenvalue weighted by Crippen LogP contribution is 2.37. The van der Waals surface area contributed by atoms with Gasteiger partial charge in [-0.3, -0.25) is 0 Å². The van der Waals surface area contributed by atoms with Crippen LogP contribution < -0.4 is 4.74 Å². The Morgan fingerprint density at radius 3 is 2.68 bits per heavy atom. The maximum atomic E-state index is 14.1. The molecule has 0 aliphatic carbocycles. The Hall–Kier alpha value is -1.64. The van der Waals surface area contributed by atoms with Crippen LogP contribution in [0.2, 0.25) is 0 Å². The van der Waals surface area contributed by atoms with Gasteiger partial charge in [0.1, 0.15) is 17.4 Å². The molecule has 0 radical (unpaired) electrons. The standard InChI is InChI=1S/C20H23F2NO3S2/c1-3-26-19-7-5-16(12-14(19)2)28(24,25)23-9-8-20(27-11-10-23)17-13-15(21)4-6-18(17)22/h4-7,12-13,20H,3,8-11H2,1-2H3. The van der Waals surface area contributed by atoms with E-state index in [4.69, 9.17) is 4.74 Å². The third-order valence-corrected chi connectivity index (χ3v) is 7.89. The molecule has 0 aromatic heterocycles. The highest BCUT2D eigenvalue weighted by molar-refractivity contribution is 7.99. The fourth-order valence-corrected chi connectivity index (χ4v) is 6.15. The lowest BCUT2D eigenvalue weighted by Gasteiger charge is -2.21. The van der Waals surface area contributed by atoms with Gasteiger partial charge in [0.25, 0.3) is 0 Å². The van der Waals surface area contributed by atoms with Gasteiger partial charge in [0.2, 0.25) is 10.0 Å². The van der Waals surface area contributed by atoms with E-state index in [1.165, 1.54) is 22.1 Å². The zero-order valence-corrected chi connectivity index (χ0v) is 17.5. The Morgan fingerprint density at radius 1 is 1.18 bits per heavy atom. The molecule has 28 heavy (non-hydrogen) atoms. The Morgan fingerprint density at radius 2 is 1.96 bits per heavy atom. The number of sulfonamides is 1. The van der Waals surface area contributed by atoms with Gasteiger partial charge in [0, 0.05) is 29.7 Å². The second-order valence-electron chi connectivity index (χ2n) is 6.58. The molecular formula is C20H23F2NO3S2. The predicted molar refractivity (Wildman–Crippen MR) is 107 cm³/mol. The van der Waals surface area contributed by atoms with Gasteiger partial charge < -0.3 is 4.74 Å². The molecule has 4 nitrogen and oxygen atoms in total. The average Bonchev–Trinajstić information content (AvgIpc) is 2.92. The van der Waals surface area contributed by atoms with Crippen LogP contribution in [0.1, 0.15) is 29.7 Å². The van der Waals surface area contributed by atoms with Crippen LogP contribution in [-0.4, -0.2) is 38.2 Å². The van der Waals surface area contributed by atoms with E-state index in [1.54, 1.807) is 18.2 Å². The summed E-state index contributed by atoms with van der Waals surface area (Å²) in [6.07, 6.45) is 0.417. The molecule has 3 rings (SSSR count). The quantitative estimate of drug-likeness (QED) is 0.703. The number of halogens is 2. The van der Waals surface area contributed by atoms with Crippen LogP contribution in [0, 0.1) is 18.6 Å². The summed E-state index contributed by atoms with van der Waals surface area (Å²) >= 11 is 1.45. The first-order chi connectivity index (χ1) is 13.3. The molecule has 0 N–H and O–H groups in total. The Bertz CT molecular complexity index is 950. The molecule has 152 valence electrons. The summed E-state index contributed by atoms with van der Waals surface area (Å²) in [5.74, 6) is 0.220. The fraction of sp³-hybridized carbons (Fsp3) is 0.400. The molecule has 0 spiro atoms. The van der Waals surface area contributed by atoms with Crippen molar-refractivity contribution < 1.29 is 21.9 Å². The van der Waals surface area contributed by atoms with E-state index in [0.29, 0.717) is 36.6 Å². The molecule has 1 heterocycles. The smallest absolute Gasteiger partial charge is 0.243 e. The van der Waals surface area contributed by atoms with Gasteiger partial charge in [0.15, 0.2) is 0 Å². The van der Waals surface area contributed by atoms with Gasteiger partial charge in [-0.2, -0.15) is 16.1 Å². The average molecular weight is 428 g/mol. The van der Waals surface area contributed by atoms with Crippen molar-refractivity contribution in [1.29, 1.82) is 0 Å². The summed E-state index contributed by atoms with van der Waals surface area (Å²) in [4.78, 5) is 0.217. The minimum Gasteiger partial charge on any atom is -0.494 e.